The van der Waals surface area contributed by atoms with Crippen molar-refractivity contribution in [3.8, 4) is 0 Å². The van der Waals surface area contributed by atoms with E-state index in [1.165, 1.54) is 5.56 Å². The van der Waals surface area contributed by atoms with E-state index in [4.69, 9.17) is 0 Å². The lowest BCUT2D eigenvalue weighted by Gasteiger charge is -2.11. The van der Waals surface area contributed by atoms with E-state index in [1.54, 1.807) is 11.3 Å². The molecule has 0 spiro atoms. The van der Waals surface area contributed by atoms with Crippen molar-refractivity contribution >= 4 is 11.3 Å². The van der Waals surface area contributed by atoms with Gasteiger partial charge in [-0.15, -0.1) is 5.10 Å². The van der Waals surface area contributed by atoms with Gasteiger partial charge in [0.25, 0.3) is 0 Å². The summed E-state index contributed by atoms with van der Waals surface area (Å²) >= 11 is 1.69. The summed E-state index contributed by atoms with van der Waals surface area (Å²) in [5.41, 5.74) is 1.24. The number of thiophene rings is 1. The third-order valence-corrected chi connectivity index (χ3v) is 2.99. The maximum Gasteiger partial charge on any atom is 0.165 e. The van der Waals surface area contributed by atoms with Gasteiger partial charge >= 0.3 is 0 Å². The second kappa shape index (κ2) is 4.50. The predicted molar refractivity (Wildman–Crippen MR) is 58.7 cm³/mol. The molecule has 0 aliphatic heterocycles. The fourth-order valence-corrected chi connectivity index (χ4v) is 2.19. The first-order chi connectivity index (χ1) is 7.33. The smallest absolute Gasteiger partial charge is 0.165 e. The molecule has 0 aliphatic rings. The van der Waals surface area contributed by atoms with E-state index in [-0.39, 0.29) is 6.04 Å². The van der Waals surface area contributed by atoms with Crippen LogP contribution in [-0.2, 0) is 6.54 Å². The molecular weight excluding hydrogens is 210 g/mol. The Morgan fingerprint density at radius 2 is 2.47 bits per heavy atom. The summed E-state index contributed by atoms with van der Waals surface area (Å²) in [7, 11) is 1.88. The van der Waals surface area contributed by atoms with E-state index >= 15 is 0 Å². The molecule has 2 aromatic heterocycles. The van der Waals surface area contributed by atoms with Crippen LogP contribution in [0.25, 0.3) is 0 Å². The Kier molecular flexibility index (Phi) is 3.08. The molecule has 0 bridgehead atoms. The minimum Gasteiger partial charge on any atom is -0.313 e. The average molecular weight is 223 g/mol. The van der Waals surface area contributed by atoms with Crippen molar-refractivity contribution in [2.45, 2.75) is 19.5 Å². The van der Waals surface area contributed by atoms with Crippen molar-refractivity contribution < 1.29 is 0 Å². The molecule has 80 valence electrons. The quantitative estimate of drug-likeness (QED) is 0.842. The second-order valence-corrected chi connectivity index (χ2v) is 4.08. The van der Waals surface area contributed by atoms with Gasteiger partial charge in [0.2, 0.25) is 0 Å². The van der Waals surface area contributed by atoms with Crippen LogP contribution >= 0.6 is 11.3 Å². The fourth-order valence-electron chi connectivity index (χ4n) is 1.44. The molecule has 0 amide bonds. The van der Waals surface area contributed by atoms with Gasteiger partial charge < -0.3 is 5.32 Å². The molecule has 1 atom stereocenters. The molecule has 1 unspecified atom stereocenters. The maximum atomic E-state index is 4.01. The molecule has 0 radical (unpaired) electrons. The summed E-state index contributed by atoms with van der Waals surface area (Å²) in [5, 5.41) is 18.9. The van der Waals surface area contributed by atoms with Crippen molar-refractivity contribution in [1.82, 2.24) is 25.5 Å². The van der Waals surface area contributed by atoms with Gasteiger partial charge in [0.1, 0.15) is 0 Å². The van der Waals surface area contributed by atoms with E-state index in [0.29, 0.717) is 6.54 Å². The summed E-state index contributed by atoms with van der Waals surface area (Å²) < 4.78 is 1.85. The third-order valence-electron chi connectivity index (χ3n) is 2.29. The van der Waals surface area contributed by atoms with Crippen LogP contribution in [0, 0.1) is 0 Å². The molecule has 1 N–H and O–H groups in total. The predicted octanol–water partition coefficient (Wildman–Crippen LogP) is 1.06. The topological polar surface area (TPSA) is 55.6 Å². The highest BCUT2D eigenvalue weighted by Crippen LogP contribution is 2.19. The van der Waals surface area contributed by atoms with E-state index in [1.807, 2.05) is 11.7 Å². The molecule has 0 fully saturated rings. The molecule has 0 aromatic carbocycles. The van der Waals surface area contributed by atoms with E-state index in [0.717, 1.165) is 5.82 Å². The second-order valence-electron chi connectivity index (χ2n) is 3.30. The molecular formula is C9H13N5S. The van der Waals surface area contributed by atoms with Crippen LogP contribution in [0.4, 0.5) is 0 Å². The molecule has 0 saturated carbocycles. The highest BCUT2D eigenvalue weighted by molar-refractivity contribution is 7.07. The Morgan fingerprint density at radius 1 is 1.60 bits per heavy atom. The normalized spacial score (nSPS) is 12.9. The standard InChI is InChI=1S/C9H13N5S/c1-7(8-3-4-15-6-8)14-9(5-10-2)11-12-13-14/h3-4,6-7,10H,5H2,1-2H3. The summed E-state index contributed by atoms with van der Waals surface area (Å²) in [5.74, 6) is 0.858. The van der Waals surface area contributed by atoms with Crippen LogP contribution < -0.4 is 5.32 Å². The number of rotatable bonds is 4. The molecule has 15 heavy (non-hydrogen) atoms. The first-order valence-electron chi connectivity index (χ1n) is 4.76. The van der Waals surface area contributed by atoms with Crippen LogP contribution in [0.5, 0.6) is 0 Å². The van der Waals surface area contributed by atoms with Gasteiger partial charge in [0.05, 0.1) is 12.6 Å². The Balaban J connectivity index is 2.25. The Labute approximate surface area is 92.1 Å². The van der Waals surface area contributed by atoms with Crippen LogP contribution in [0.15, 0.2) is 16.8 Å². The lowest BCUT2D eigenvalue weighted by Crippen LogP contribution is -2.16. The minimum absolute atomic E-state index is 0.189. The van der Waals surface area contributed by atoms with Crippen molar-refractivity contribution in [1.29, 1.82) is 0 Å². The first-order valence-corrected chi connectivity index (χ1v) is 5.70. The maximum absolute atomic E-state index is 4.01. The zero-order chi connectivity index (χ0) is 10.7. The van der Waals surface area contributed by atoms with Gasteiger partial charge in [-0.05, 0) is 46.8 Å². The molecule has 2 aromatic rings. The largest absolute Gasteiger partial charge is 0.313 e. The number of tetrazole rings is 1. The molecule has 0 saturated heterocycles. The van der Waals surface area contributed by atoms with Crippen molar-refractivity contribution in [2.24, 2.45) is 0 Å². The molecule has 5 nitrogen and oxygen atoms in total. The fraction of sp³-hybridized carbons (Fsp3) is 0.444. The number of hydrogen-bond donors (Lipinski definition) is 1. The third kappa shape index (κ3) is 2.05. The van der Waals surface area contributed by atoms with Gasteiger partial charge in [-0.1, -0.05) is 0 Å². The van der Waals surface area contributed by atoms with Crippen LogP contribution in [0.1, 0.15) is 24.4 Å². The van der Waals surface area contributed by atoms with Gasteiger partial charge in [-0.3, -0.25) is 0 Å². The monoisotopic (exact) mass is 223 g/mol. The lowest BCUT2D eigenvalue weighted by molar-refractivity contribution is 0.514. The van der Waals surface area contributed by atoms with E-state index in [9.17, 15) is 0 Å². The van der Waals surface area contributed by atoms with Crippen molar-refractivity contribution in [3.05, 3.63) is 28.2 Å². The highest BCUT2D eigenvalue weighted by atomic mass is 32.1. The minimum atomic E-state index is 0.189. The summed E-state index contributed by atoms with van der Waals surface area (Å²) in [6.45, 7) is 2.78. The van der Waals surface area contributed by atoms with Crippen molar-refractivity contribution in [3.63, 3.8) is 0 Å². The Hall–Kier alpha value is -1.27. The average Bonchev–Trinajstić information content (AvgIpc) is 2.87. The van der Waals surface area contributed by atoms with Crippen molar-refractivity contribution in [2.75, 3.05) is 7.05 Å². The molecule has 2 rings (SSSR count). The highest BCUT2D eigenvalue weighted by Gasteiger charge is 2.14. The van der Waals surface area contributed by atoms with Gasteiger partial charge in [-0.25, -0.2) is 4.68 Å². The summed E-state index contributed by atoms with van der Waals surface area (Å²) in [6, 6.07) is 2.29. The zero-order valence-corrected chi connectivity index (χ0v) is 9.53. The number of hydrogen-bond acceptors (Lipinski definition) is 5. The van der Waals surface area contributed by atoms with Crippen LogP contribution in [-0.4, -0.2) is 27.3 Å². The van der Waals surface area contributed by atoms with E-state index < -0.39 is 0 Å². The number of nitrogens with zero attached hydrogens (tertiary/aromatic N) is 4. The zero-order valence-electron chi connectivity index (χ0n) is 8.71. The van der Waals surface area contributed by atoms with Crippen LogP contribution in [0.2, 0.25) is 0 Å². The Bertz CT molecular complexity index is 408. The summed E-state index contributed by atoms with van der Waals surface area (Å²) in [4.78, 5) is 0. The van der Waals surface area contributed by atoms with Gasteiger partial charge in [0, 0.05) is 0 Å². The van der Waals surface area contributed by atoms with Gasteiger partial charge in [0.15, 0.2) is 5.82 Å². The summed E-state index contributed by atoms with van der Waals surface area (Å²) in [6.07, 6.45) is 0. The molecule has 6 heteroatoms. The first kappa shape index (κ1) is 10.3. The SMILES string of the molecule is CNCc1nnnn1C(C)c1ccsc1. The van der Waals surface area contributed by atoms with Crippen LogP contribution in [0.3, 0.4) is 0 Å². The number of nitrogens with one attached hydrogen (secondary N) is 1. The van der Waals surface area contributed by atoms with Gasteiger partial charge in [-0.2, -0.15) is 11.3 Å². The molecule has 2 heterocycles. The Morgan fingerprint density at radius 3 is 3.13 bits per heavy atom. The van der Waals surface area contributed by atoms with E-state index in [2.05, 4.69) is 44.6 Å². The lowest BCUT2D eigenvalue weighted by atomic mass is 10.2. The number of aromatic nitrogens is 4. The molecule has 0 aliphatic carbocycles.